The highest BCUT2D eigenvalue weighted by Gasteiger charge is 2.03. The molecule has 0 heterocycles. The van der Waals surface area contributed by atoms with Gasteiger partial charge in [-0.25, -0.2) is 0 Å². The summed E-state index contributed by atoms with van der Waals surface area (Å²) in [5.41, 5.74) is 0.971. The Morgan fingerprint density at radius 3 is 2.63 bits per heavy atom. The SMILES string of the molecule is CCCCCC(C)NC(=O)/C=C/c1ccc(Cl)cc1. The van der Waals surface area contributed by atoms with Crippen LogP contribution < -0.4 is 5.32 Å². The van der Waals surface area contributed by atoms with Gasteiger partial charge in [0.25, 0.3) is 0 Å². The zero-order valence-corrected chi connectivity index (χ0v) is 12.4. The molecule has 0 saturated carbocycles. The Labute approximate surface area is 120 Å². The maximum absolute atomic E-state index is 11.7. The molecule has 1 unspecified atom stereocenters. The lowest BCUT2D eigenvalue weighted by molar-refractivity contribution is -0.117. The van der Waals surface area contributed by atoms with Crippen molar-refractivity contribution < 1.29 is 4.79 Å². The lowest BCUT2D eigenvalue weighted by Gasteiger charge is -2.11. The maximum Gasteiger partial charge on any atom is 0.244 e. The summed E-state index contributed by atoms with van der Waals surface area (Å²) in [6, 6.07) is 7.63. The third-order valence-electron chi connectivity index (χ3n) is 2.93. The fourth-order valence-corrected chi connectivity index (χ4v) is 1.94. The minimum absolute atomic E-state index is 0.0426. The number of hydrogen-bond acceptors (Lipinski definition) is 1. The second-order valence-electron chi connectivity index (χ2n) is 4.79. The summed E-state index contributed by atoms with van der Waals surface area (Å²) in [6.07, 6.45) is 8.00. The number of carbonyl (C=O) groups excluding carboxylic acids is 1. The maximum atomic E-state index is 11.7. The van der Waals surface area contributed by atoms with E-state index in [1.54, 1.807) is 12.2 Å². The monoisotopic (exact) mass is 279 g/mol. The van der Waals surface area contributed by atoms with Crippen molar-refractivity contribution >= 4 is 23.6 Å². The van der Waals surface area contributed by atoms with Crippen LogP contribution in [0.4, 0.5) is 0 Å². The molecule has 19 heavy (non-hydrogen) atoms. The van der Waals surface area contributed by atoms with Gasteiger partial charge in [-0.3, -0.25) is 4.79 Å². The second kappa shape index (κ2) is 8.76. The standard InChI is InChI=1S/C16H22ClNO/c1-3-4-5-6-13(2)18-16(19)12-9-14-7-10-15(17)11-8-14/h7-13H,3-6H2,1-2H3,(H,18,19)/b12-9+. The Balaban J connectivity index is 2.35. The van der Waals surface area contributed by atoms with Gasteiger partial charge in [0.1, 0.15) is 0 Å². The van der Waals surface area contributed by atoms with E-state index in [4.69, 9.17) is 11.6 Å². The number of rotatable bonds is 7. The third-order valence-corrected chi connectivity index (χ3v) is 3.18. The van der Waals surface area contributed by atoms with Crippen LogP contribution in [0.1, 0.15) is 45.1 Å². The van der Waals surface area contributed by atoms with Gasteiger partial charge in [-0.15, -0.1) is 0 Å². The highest BCUT2D eigenvalue weighted by Crippen LogP contribution is 2.10. The van der Waals surface area contributed by atoms with E-state index in [-0.39, 0.29) is 11.9 Å². The van der Waals surface area contributed by atoms with Crippen molar-refractivity contribution in [1.29, 1.82) is 0 Å². The van der Waals surface area contributed by atoms with Gasteiger partial charge < -0.3 is 5.32 Å². The topological polar surface area (TPSA) is 29.1 Å². The molecule has 0 bridgehead atoms. The molecule has 0 spiro atoms. The van der Waals surface area contributed by atoms with Gasteiger partial charge in [-0.2, -0.15) is 0 Å². The molecular weight excluding hydrogens is 258 g/mol. The number of amides is 1. The van der Waals surface area contributed by atoms with Crippen molar-refractivity contribution in [1.82, 2.24) is 5.32 Å². The highest BCUT2D eigenvalue weighted by molar-refractivity contribution is 6.30. The Kier molecular flexibility index (Phi) is 7.27. The van der Waals surface area contributed by atoms with E-state index >= 15 is 0 Å². The molecule has 3 heteroatoms. The van der Waals surface area contributed by atoms with Crippen LogP contribution >= 0.6 is 11.6 Å². The average Bonchev–Trinajstić information content (AvgIpc) is 2.38. The molecule has 0 aliphatic heterocycles. The van der Waals surface area contributed by atoms with Crippen LogP contribution in [0.25, 0.3) is 6.08 Å². The zero-order chi connectivity index (χ0) is 14.1. The van der Waals surface area contributed by atoms with Crippen LogP contribution in [0.3, 0.4) is 0 Å². The van der Waals surface area contributed by atoms with E-state index in [0.29, 0.717) is 5.02 Å². The van der Waals surface area contributed by atoms with E-state index < -0.39 is 0 Å². The first-order valence-electron chi connectivity index (χ1n) is 6.86. The quantitative estimate of drug-likeness (QED) is 0.580. The molecule has 0 aromatic heterocycles. The lowest BCUT2D eigenvalue weighted by atomic mass is 10.1. The molecule has 0 fully saturated rings. The molecule has 0 radical (unpaired) electrons. The number of nitrogens with one attached hydrogen (secondary N) is 1. The predicted octanol–water partition coefficient (Wildman–Crippen LogP) is 4.44. The van der Waals surface area contributed by atoms with E-state index in [0.717, 1.165) is 12.0 Å². The summed E-state index contributed by atoms with van der Waals surface area (Å²) in [6.45, 7) is 4.22. The molecule has 1 rings (SSSR count). The van der Waals surface area contributed by atoms with E-state index in [1.807, 2.05) is 31.2 Å². The van der Waals surface area contributed by atoms with Crippen molar-refractivity contribution in [3.63, 3.8) is 0 Å². The number of hydrogen-bond donors (Lipinski definition) is 1. The molecular formula is C16H22ClNO. The first-order chi connectivity index (χ1) is 9.11. The summed E-state index contributed by atoms with van der Waals surface area (Å²) in [5, 5.41) is 3.67. The molecule has 1 N–H and O–H groups in total. The number of halogens is 1. The Bertz CT molecular complexity index is 411. The van der Waals surface area contributed by atoms with Crippen LogP contribution in [-0.4, -0.2) is 11.9 Å². The van der Waals surface area contributed by atoms with Crippen LogP contribution in [0.2, 0.25) is 5.02 Å². The third kappa shape index (κ3) is 7.02. The minimum atomic E-state index is -0.0426. The van der Waals surface area contributed by atoms with E-state index in [9.17, 15) is 4.79 Å². The summed E-state index contributed by atoms with van der Waals surface area (Å²) in [5.74, 6) is -0.0426. The summed E-state index contributed by atoms with van der Waals surface area (Å²) in [7, 11) is 0. The first-order valence-corrected chi connectivity index (χ1v) is 7.23. The number of carbonyl (C=O) groups is 1. The van der Waals surface area contributed by atoms with Gasteiger partial charge in [0.2, 0.25) is 5.91 Å². The van der Waals surface area contributed by atoms with Gasteiger partial charge in [-0.1, -0.05) is 49.9 Å². The molecule has 0 aliphatic carbocycles. The van der Waals surface area contributed by atoms with Crippen LogP contribution in [0.5, 0.6) is 0 Å². The Hall–Kier alpha value is -1.28. The predicted molar refractivity (Wildman–Crippen MR) is 82.2 cm³/mol. The fraction of sp³-hybridized carbons (Fsp3) is 0.438. The number of unbranched alkanes of at least 4 members (excludes halogenated alkanes) is 2. The largest absolute Gasteiger partial charge is 0.350 e. The number of benzene rings is 1. The smallest absolute Gasteiger partial charge is 0.244 e. The second-order valence-corrected chi connectivity index (χ2v) is 5.23. The van der Waals surface area contributed by atoms with E-state index in [1.165, 1.54) is 19.3 Å². The van der Waals surface area contributed by atoms with Crippen molar-refractivity contribution in [3.8, 4) is 0 Å². The normalized spacial score (nSPS) is 12.6. The molecule has 0 saturated heterocycles. The lowest BCUT2D eigenvalue weighted by Crippen LogP contribution is -2.30. The van der Waals surface area contributed by atoms with Crippen LogP contribution in [-0.2, 0) is 4.79 Å². The molecule has 104 valence electrons. The summed E-state index contributed by atoms with van der Waals surface area (Å²) in [4.78, 5) is 11.7. The van der Waals surface area contributed by atoms with Crippen molar-refractivity contribution in [3.05, 3.63) is 40.9 Å². The molecule has 1 amide bonds. The molecule has 1 atom stereocenters. The fourth-order valence-electron chi connectivity index (χ4n) is 1.81. The van der Waals surface area contributed by atoms with Gasteiger partial charge in [0.15, 0.2) is 0 Å². The Morgan fingerprint density at radius 1 is 1.32 bits per heavy atom. The van der Waals surface area contributed by atoms with Crippen LogP contribution in [0.15, 0.2) is 30.3 Å². The van der Waals surface area contributed by atoms with Crippen LogP contribution in [0, 0.1) is 0 Å². The first kappa shape index (κ1) is 15.8. The van der Waals surface area contributed by atoms with Gasteiger partial charge in [0, 0.05) is 17.1 Å². The highest BCUT2D eigenvalue weighted by atomic mass is 35.5. The van der Waals surface area contributed by atoms with Crippen molar-refractivity contribution in [2.75, 3.05) is 0 Å². The van der Waals surface area contributed by atoms with Crippen molar-refractivity contribution in [2.45, 2.75) is 45.6 Å². The van der Waals surface area contributed by atoms with E-state index in [2.05, 4.69) is 12.2 Å². The van der Waals surface area contributed by atoms with Crippen molar-refractivity contribution in [2.24, 2.45) is 0 Å². The van der Waals surface area contributed by atoms with Gasteiger partial charge >= 0.3 is 0 Å². The van der Waals surface area contributed by atoms with Gasteiger partial charge in [-0.05, 0) is 37.1 Å². The average molecular weight is 280 g/mol. The Morgan fingerprint density at radius 2 is 2.00 bits per heavy atom. The summed E-state index contributed by atoms with van der Waals surface area (Å²) < 4.78 is 0. The molecule has 1 aromatic carbocycles. The minimum Gasteiger partial charge on any atom is -0.350 e. The van der Waals surface area contributed by atoms with Gasteiger partial charge in [0.05, 0.1) is 0 Å². The molecule has 0 aliphatic rings. The molecule has 1 aromatic rings. The summed E-state index contributed by atoms with van der Waals surface area (Å²) >= 11 is 5.80. The zero-order valence-electron chi connectivity index (χ0n) is 11.7. The molecule has 2 nitrogen and oxygen atoms in total.